The Kier molecular flexibility index (Phi) is 25.0. The number of aliphatic imine (C=N–C) groups is 1. The highest BCUT2D eigenvalue weighted by molar-refractivity contribution is 5.98. The summed E-state index contributed by atoms with van der Waals surface area (Å²) >= 11 is 0. The van der Waals surface area contributed by atoms with Gasteiger partial charge in [-0.3, -0.25) is 43.3 Å². The SMILES string of the molecule is NCCCC[C@@H]1NC(=O)CNC(=O)[C@@H](Cc2ccccc2)NC(=O)[C@H](CO)NC(=O)[C@H](CCc2ccccc2)NC(=O)[C@H](CO)NC(=O)[C@H](CCCCN)NC(=O)[C@H](CCCN=C(N)N)NC1=O. The van der Waals surface area contributed by atoms with Crippen LogP contribution in [0.15, 0.2) is 65.7 Å². The van der Waals surface area contributed by atoms with Crippen molar-refractivity contribution in [1.29, 1.82) is 0 Å². The lowest BCUT2D eigenvalue weighted by atomic mass is 10.0. The molecule has 1 aliphatic heterocycles. The number of unbranched alkanes of at least 4 members (excludes halogenated alkanes) is 2. The molecular formula is C45H69N13O10. The van der Waals surface area contributed by atoms with Crippen molar-refractivity contribution >= 4 is 53.2 Å². The van der Waals surface area contributed by atoms with E-state index in [-0.39, 0.29) is 70.5 Å². The first-order valence-electron chi connectivity index (χ1n) is 22.8. The van der Waals surface area contributed by atoms with E-state index in [2.05, 4.69) is 47.5 Å². The van der Waals surface area contributed by atoms with Gasteiger partial charge in [-0.25, -0.2) is 0 Å². The van der Waals surface area contributed by atoms with Crippen LogP contribution in [0.5, 0.6) is 0 Å². The molecule has 0 saturated carbocycles. The molecule has 0 spiro atoms. The van der Waals surface area contributed by atoms with E-state index < -0.39 is 109 Å². The van der Waals surface area contributed by atoms with Gasteiger partial charge in [0.1, 0.15) is 42.3 Å². The van der Waals surface area contributed by atoms with Gasteiger partial charge in [-0.2, -0.15) is 0 Å². The van der Waals surface area contributed by atoms with Crippen molar-refractivity contribution in [3.63, 3.8) is 0 Å². The maximum absolute atomic E-state index is 14.1. The minimum Gasteiger partial charge on any atom is -0.394 e. The molecule has 7 atom stereocenters. The Hall–Kier alpha value is -6.69. The molecule has 68 heavy (non-hydrogen) atoms. The van der Waals surface area contributed by atoms with Crippen molar-refractivity contribution < 1.29 is 48.6 Å². The Balaban J connectivity index is 2.08. The molecule has 1 saturated heterocycles. The van der Waals surface area contributed by atoms with E-state index in [1.165, 1.54) is 0 Å². The van der Waals surface area contributed by atoms with Crippen LogP contribution in [0.3, 0.4) is 0 Å². The second-order valence-corrected chi connectivity index (χ2v) is 16.3. The average Bonchev–Trinajstić information content (AvgIpc) is 3.32. The van der Waals surface area contributed by atoms with E-state index in [1.807, 2.05) is 0 Å². The third-order valence-corrected chi connectivity index (χ3v) is 10.9. The van der Waals surface area contributed by atoms with Gasteiger partial charge >= 0.3 is 0 Å². The van der Waals surface area contributed by atoms with Gasteiger partial charge in [0.25, 0.3) is 0 Å². The summed E-state index contributed by atoms with van der Waals surface area (Å²) in [4.78, 5) is 115. The van der Waals surface area contributed by atoms with Crippen LogP contribution in [0.1, 0.15) is 68.9 Å². The molecule has 0 aliphatic carbocycles. The van der Waals surface area contributed by atoms with Gasteiger partial charge in [0.2, 0.25) is 47.3 Å². The average molecular weight is 952 g/mol. The van der Waals surface area contributed by atoms with Crippen molar-refractivity contribution in [2.75, 3.05) is 39.4 Å². The van der Waals surface area contributed by atoms with Crippen molar-refractivity contribution in [3.8, 4) is 0 Å². The predicted octanol–water partition coefficient (Wildman–Crippen LogP) is -4.32. The molecule has 1 heterocycles. The Labute approximate surface area is 395 Å². The molecule has 18 N–H and O–H groups in total. The molecule has 2 aromatic rings. The molecule has 3 rings (SSSR count). The largest absolute Gasteiger partial charge is 0.394 e. The molecule has 2 aromatic carbocycles. The summed E-state index contributed by atoms with van der Waals surface area (Å²) in [7, 11) is 0. The number of carbonyl (C=O) groups excluding carboxylic acids is 8. The van der Waals surface area contributed by atoms with Crippen LogP contribution in [0.2, 0.25) is 0 Å². The number of nitrogens with zero attached hydrogens (tertiary/aromatic N) is 1. The van der Waals surface area contributed by atoms with Crippen LogP contribution >= 0.6 is 0 Å². The van der Waals surface area contributed by atoms with Gasteiger partial charge in [0, 0.05) is 13.0 Å². The smallest absolute Gasteiger partial charge is 0.245 e. The zero-order valence-electron chi connectivity index (χ0n) is 38.3. The summed E-state index contributed by atoms with van der Waals surface area (Å²) in [6, 6.07) is 7.59. The summed E-state index contributed by atoms with van der Waals surface area (Å²) in [5.74, 6) is -7.16. The molecule has 1 fully saturated rings. The number of benzene rings is 2. The van der Waals surface area contributed by atoms with E-state index in [9.17, 15) is 48.6 Å². The normalized spacial score (nSPS) is 23.0. The second-order valence-electron chi connectivity index (χ2n) is 16.3. The number of aryl methyl sites for hydroxylation is 1. The topological polar surface area (TPSA) is 390 Å². The lowest BCUT2D eigenvalue weighted by molar-refractivity contribution is -0.137. The molecule has 0 bridgehead atoms. The van der Waals surface area contributed by atoms with Crippen LogP contribution in [-0.4, -0.2) is 145 Å². The first-order chi connectivity index (χ1) is 32.7. The zero-order valence-corrected chi connectivity index (χ0v) is 38.3. The first-order valence-corrected chi connectivity index (χ1v) is 22.8. The van der Waals surface area contributed by atoms with Crippen LogP contribution in [0, 0.1) is 0 Å². The number of aliphatic hydroxyl groups excluding tert-OH is 2. The molecule has 0 aromatic heterocycles. The van der Waals surface area contributed by atoms with E-state index in [0.717, 1.165) is 5.56 Å². The number of amides is 8. The van der Waals surface area contributed by atoms with E-state index in [4.69, 9.17) is 22.9 Å². The van der Waals surface area contributed by atoms with Gasteiger partial charge in [-0.05, 0) is 88.4 Å². The fraction of sp³-hybridized carbons (Fsp3) is 0.533. The molecule has 1 aliphatic rings. The number of rotatable bonds is 19. The highest BCUT2D eigenvalue weighted by atomic mass is 16.3. The monoisotopic (exact) mass is 952 g/mol. The minimum absolute atomic E-state index is 0.0195. The summed E-state index contributed by atoms with van der Waals surface area (Å²) in [6.45, 7) is -1.92. The second kappa shape index (κ2) is 30.6. The van der Waals surface area contributed by atoms with Crippen molar-refractivity contribution in [3.05, 3.63) is 71.8 Å². The van der Waals surface area contributed by atoms with E-state index in [1.54, 1.807) is 60.7 Å². The number of hydrogen-bond acceptors (Lipinski definition) is 13. The number of carbonyl (C=O) groups is 8. The zero-order chi connectivity index (χ0) is 49.8. The molecule has 0 radical (unpaired) electrons. The first kappa shape index (κ1) is 55.6. The minimum atomic E-state index is -1.66. The highest BCUT2D eigenvalue weighted by Gasteiger charge is 2.34. The predicted molar refractivity (Wildman–Crippen MR) is 251 cm³/mol. The van der Waals surface area contributed by atoms with Crippen LogP contribution in [-0.2, 0) is 51.2 Å². The van der Waals surface area contributed by atoms with E-state index in [0.29, 0.717) is 31.2 Å². The molecule has 0 unspecified atom stereocenters. The van der Waals surface area contributed by atoms with Gasteiger partial charge in [-0.1, -0.05) is 60.7 Å². The molecular weight excluding hydrogens is 883 g/mol. The van der Waals surface area contributed by atoms with Crippen LogP contribution in [0.25, 0.3) is 0 Å². The van der Waals surface area contributed by atoms with Gasteiger partial charge in [-0.15, -0.1) is 0 Å². The highest BCUT2D eigenvalue weighted by Crippen LogP contribution is 2.11. The number of aliphatic hydroxyl groups is 2. The van der Waals surface area contributed by atoms with Crippen molar-refractivity contribution in [2.45, 2.75) is 113 Å². The maximum atomic E-state index is 14.1. The number of hydrogen-bond donors (Lipinski definition) is 14. The molecule has 374 valence electrons. The maximum Gasteiger partial charge on any atom is 0.245 e. The lowest BCUT2D eigenvalue weighted by Gasteiger charge is -2.28. The summed E-state index contributed by atoms with van der Waals surface area (Å²) in [6.07, 6.45) is 2.01. The Morgan fingerprint density at radius 3 is 1.34 bits per heavy atom. The van der Waals surface area contributed by atoms with Crippen molar-refractivity contribution in [1.82, 2.24) is 42.5 Å². The number of guanidine groups is 1. The number of nitrogens with one attached hydrogen (secondary N) is 8. The van der Waals surface area contributed by atoms with Gasteiger partial charge in [0.15, 0.2) is 5.96 Å². The molecule has 23 nitrogen and oxygen atoms in total. The fourth-order valence-corrected chi connectivity index (χ4v) is 7.14. The molecule has 8 amide bonds. The van der Waals surface area contributed by atoms with Gasteiger partial charge in [0.05, 0.1) is 19.8 Å². The summed E-state index contributed by atoms with van der Waals surface area (Å²) in [5, 5.41) is 41.1. The third-order valence-electron chi connectivity index (χ3n) is 10.9. The van der Waals surface area contributed by atoms with Crippen LogP contribution in [0.4, 0.5) is 0 Å². The standard InChI is InChI=1S/C45H69N13O10/c46-21-9-7-16-30-39(63)54-32(18-11-23-50-45(48)49)40(64)53-31(17-8-10-22-47)41(65)57-35(26-59)43(67)55-33(20-19-28-12-3-1-4-13-28)42(66)58-36(27-60)44(68)56-34(24-29-14-5-2-6-15-29)38(62)51-25-37(61)52-30/h1-6,12-15,30-36,59-60H,7-11,16-27,46-47H2,(H,51,62)(H,52,61)(H,53,64)(H,54,63)(H,55,67)(H,56,68)(H,57,65)(H,58,66)(H4,48,49,50)/t30-,31-,32-,33-,34+,35-,36-/m0/s1. The van der Waals surface area contributed by atoms with Crippen LogP contribution < -0.4 is 65.5 Å². The fourth-order valence-electron chi connectivity index (χ4n) is 7.14. The lowest BCUT2D eigenvalue weighted by Crippen LogP contribution is -2.61. The Bertz CT molecular complexity index is 1970. The van der Waals surface area contributed by atoms with E-state index >= 15 is 0 Å². The Morgan fingerprint density at radius 1 is 0.485 bits per heavy atom. The van der Waals surface area contributed by atoms with Gasteiger partial charge < -0.3 is 75.7 Å². The van der Waals surface area contributed by atoms with Crippen molar-refractivity contribution in [2.24, 2.45) is 27.9 Å². The Morgan fingerprint density at radius 2 is 0.882 bits per heavy atom. The molecule has 23 heteroatoms. The summed E-state index contributed by atoms with van der Waals surface area (Å²) in [5.41, 5.74) is 23.8. The quantitative estimate of drug-likeness (QED) is 0.0360. The summed E-state index contributed by atoms with van der Waals surface area (Å²) < 4.78 is 0. The third kappa shape index (κ3) is 20.0. The number of nitrogens with two attached hydrogens (primary N) is 4.